The Morgan fingerprint density at radius 3 is 2.74 bits per heavy atom. The zero-order valence-electron chi connectivity index (χ0n) is 14.0. The molecule has 2 aromatic heterocycles. The summed E-state index contributed by atoms with van der Waals surface area (Å²) in [6.07, 6.45) is 1.60. The Bertz CT molecular complexity index is 696. The molecule has 2 aromatic rings. The van der Waals surface area contributed by atoms with Crippen molar-refractivity contribution in [2.45, 2.75) is 26.7 Å². The fourth-order valence-electron chi connectivity index (χ4n) is 2.08. The maximum atomic E-state index is 11.9. The lowest BCUT2D eigenvalue weighted by Crippen LogP contribution is -2.10. The van der Waals surface area contributed by atoms with E-state index in [0.29, 0.717) is 24.1 Å². The maximum absolute atomic E-state index is 11.9. The molecule has 0 aromatic carbocycles. The second-order valence-corrected chi connectivity index (χ2v) is 5.08. The van der Waals surface area contributed by atoms with Crippen molar-refractivity contribution in [1.29, 1.82) is 0 Å². The van der Waals surface area contributed by atoms with Gasteiger partial charge in [-0.1, -0.05) is 13.8 Å². The van der Waals surface area contributed by atoms with Crippen LogP contribution in [0.1, 0.15) is 42.9 Å². The van der Waals surface area contributed by atoms with Crippen LogP contribution in [0.15, 0.2) is 12.3 Å². The molecule has 0 saturated carbocycles. The van der Waals surface area contributed by atoms with Gasteiger partial charge in [0.05, 0.1) is 19.9 Å². The highest BCUT2D eigenvalue weighted by atomic mass is 16.5. The molecule has 0 amide bonds. The first-order valence-corrected chi connectivity index (χ1v) is 7.38. The normalized spacial score (nSPS) is 10.7. The van der Waals surface area contributed by atoms with Gasteiger partial charge < -0.3 is 14.8 Å². The molecule has 0 aliphatic heterocycles. The molecule has 0 atom stereocenters. The minimum atomic E-state index is -0.458. The number of hydrogen-bond acceptors (Lipinski definition) is 7. The number of hydrogen-bond donors (Lipinski definition) is 1. The molecule has 8 heteroatoms. The van der Waals surface area contributed by atoms with E-state index in [1.165, 1.54) is 7.11 Å². The largest absolute Gasteiger partial charge is 0.479 e. The third kappa shape index (κ3) is 3.41. The molecule has 124 valence electrons. The van der Waals surface area contributed by atoms with E-state index in [4.69, 9.17) is 9.47 Å². The van der Waals surface area contributed by atoms with Gasteiger partial charge in [-0.15, -0.1) is 0 Å². The van der Waals surface area contributed by atoms with E-state index in [2.05, 4.69) is 20.4 Å². The van der Waals surface area contributed by atoms with Crippen LogP contribution >= 0.6 is 0 Å². The Morgan fingerprint density at radius 2 is 2.17 bits per heavy atom. The van der Waals surface area contributed by atoms with Gasteiger partial charge in [-0.2, -0.15) is 10.1 Å². The molecule has 0 spiro atoms. The molecule has 23 heavy (non-hydrogen) atoms. The zero-order valence-corrected chi connectivity index (χ0v) is 14.0. The number of carbonyl (C=O) groups excluding carboxylic acids is 1. The predicted octanol–water partition coefficient (Wildman–Crippen LogP) is 2.01. The monoisotopic (exact) mass is 319 g/mol. The van der Waals surface area contributed by atoms with E-state index in [1.54, 1.807) is 30.9 Å². The Labute approximate surface area is 134 Å². The Morgan fingerprint density at radius 1 is 1.43 bits per heavy atom. The average Bonchev–Trinajstić information content (AvgIpc) is 2.99. The van der Waals surface area contributed by atoms with Crippen molar-refractivity contribution in [2.24, 2.45) is 0 Å². The number of methoxy groups -OCH3 is 1. The van der Waals surface area contributed by atoms with Crippen molar-refractivity contribution in [2.75, 3.05) is 26.1 Å². The SMILES string of the molecule is CCOC(=O)c1cc(C(C)C)n(-c2cnc(NC)nc2OC)n1. The van der Waals surface area contributed by atoms with Crippen LogP contribution in [0.5, 0.6) is 5.88 Å². The molecule has 0 fully saturated rings. The van der Waals surface area contributed by atoms with E-state index in [0.717, 1.165) is 5.69 Å². The summed E-state index contributed by atoms with van der Waals surface area (Å²) in [6.45, 7) is 6.08. The zero-order chi connectivity index (χ0) is 17.0. The molecule has 0 radical (unpaired) electrons. The minimum Gasteiger partial charge on any atom is -0.479 e. The quantitative estimate of drug-likeness (QED) is 0.814. The van der Waals surface area contributed by atoms with Crippen LogP contribution in [-0.2, 0) is 4.74 Å². The van der Waals surface area contributed by atoms with Gasteiger partial charge in [0.25, 0.3) is 0 Å². The number of nitrogens with one attached hydrogen (secondary N) is 1. The second kappa shape index (κ2) is 7.08. The van der Waals surface area contributed by atoms with Gasteiger partial charge in [-0.05, 0) is 18.9 Å². The summed E-state index contributed by atoms with van der Waals surface area (Å²) in [5.74, 6) is 0.485. The molecular weight excluding hydrogens is 298 g/mol. The first kappa shape index (κ1) is 16.7. The Kier molecular flexibility index (Phi) is 5.15. The number of carbonyl (C=O) groups is 1. The van der Waals surface area contributed by atoms with Crippen molar-refractivity contribution in [3.05, 3.63) is 23.7 Å². The van der Waals surface area contributed by atoms with Crippen LogP contribution in [0.4, 0.5) is 5.95 Å². The number of rotatable bonds is 6. The van der Waals surface area contributed by atoms with Gasteiger partial charge in [0.2, 0.25) is 11.8 Å². The van der Waals surface area contributed by atoms with Crippen LogP contribution in [0.2, 0.25) is 0 Å². The van der Waals surface area contributed by atoms with Crippen LogP contribution in [-0.4, -0.2) is 46.5 Å². The molecular formula is C15H21N5O3. The fraction of sp³-hybridized carbons (Fsp3) is 0.467. The van der Waals surface area contributed by atoms with Crippen LogP contribution in [0.25, 0.3) is 5.69 Å². The molecule has 0 aliphatic carbocycles. The number of esters is 1. The Hall–Kier alpha value is -2.64. The summed E-state index contributed by atoms with van der Waals surface area (Å²) < 4.78 is 12.0. The number of ether oxygens (including phenoxy) is 2. The fourth-order valence-corrected chi connectivity index (χ4v) is 2.08. The number of aromatic nitrogens is 4. The molecule has 0 saturated heterocycles. The summed E-state index contributed by atoms with van der Waals surface area (Å²) in [5, 5.41) is 7.20. The van der Waals surface area contributed by atoms with E-state index < -0.39 is 5.97 Å². The maximum Gasteiger partial charge on any atom is 0.358 e. The van der Waals surface area contributed by atoms with E-state index >= 15 is 0 Å². The van der Waals surface area contributed by atoms with Crippen molar-refractivity contribution in [1.82, 2.24) is 19.7 Å². The summed E-state index contributed by atoms with van der Waals surface area (Å²) in [4.78, 5) is 20.4. The van der Waals surface area contributed by atoms with Crippen molar-refractivity contribution in [3.63, 3.8) is 0 Å². The standard InChI is InChI=1S/C15H21N5O3/c1-6-23-14(21)10-7-11(9(2)3)20(19-10)12-8-17-15(16-4)18-13(12)22-5/h7-9H,6H2,1-5H3,(H,16,17,18). The summed E-state index contributed by atoms with van der Waals surface area (Å²) in [5.41, 5.74) is 1.65. The van der Waals surface area contributed by atoms with Gasteiger partial charge >= 0.3 is 5.97 Å². The molecule has 2 heterocycles. The Balaban J connectivity index is 2.55. The predicted molar refractivity (Wildman–Crippen MR) is 85.3 cm³/mol. The van der Waals surface area contributed by atoms with Crippen molar-refractivity contribution in [3.8, 4) is 11.6 Å². The molecule has 0 unspecified atom stereocenters. The van der Waals surface area contributed by atoms with Crippen LogP contribution < -0.4 is 10.1 Å². The van der Waals surface area contributed by atoms with E-state index in [1.807, 2.05) is 13.8 Å². The van der Waals surface area contributed by atoms with Crippen LogP contribution in [0, 0.1) is 0 Å². The first-order chi connectivity index (χ1) is 11.0. The molecule has 0 aliphatic rings. The van der Waals surface area contributed by atoms with Crippen molar-refractivity contribution >= 4 is 11.9 Å². The van der Waals surface area contributed by atoms with E-state index in [-0.39, 0.29) is 11.6 Å². The average molecular weight is 319 g/mol. The van der Waals surface area contributed by atoms with Crippen LogP contribution in [0.3, 0.4) is 0 Å². The van der Waals surface area contributed by atoms with Gasteiger partial charge in [0, 0.05) is 12.7 Å². The summed E-state index contributed by atoms with van der Waals surface area (Å²) in [7, 11) is 3.25. The highest BCUT2D eigenvalue weighted by molar-refractivity contribution is 5.87. The second-order valence-electron chi connectivity index (χ2n) is 5.08. The van der Waals surface area contributed by atoms with Gasteiger partial charge in [-0.25, -0.2) is 14.5 Å². The van der Waals surface area contributed by atoms with Gasteiger partial charge in [0.1, 0.15) is 5.69 Å². The van der Waals surface area contributed by atoms with E-state index in [9.17, 15) is 4.79 Å². The lowest BCUT2D eigenvalue weighted by molar-refractivity contribution is 0.0519. The minimum absolute atomic E-state index is 0.138. The van der Waals surface area contributed by atoms with Crippen molar-refractivity contribution < 1.29 is 14.3 Å². The topological polar surface area (TPSA) is 91.2 Å². The lowest BCUT2D eigenvalue weighted by atomic mass is 10.1. The van der Waals surface area contributed by atoms with Gasteiger partial charge in [-0.3, -0.25) is 0 Å². The molecule has 0 bridgehead atoms. The lowest BCUT2D eigenvalue weighted by Gasteiger charge is -2.12. The third-order valence-corrected chi connectivity index (χ3v) is 3.19. The first-order valence-electron chi connectivity index (χ1n) is 7.38. The molecule has 2 rings (SSSR count). The third-order valence-electron chi connectivity index (χ3n) is 3.19. The molecule has 1 N–H and O–H groups in total. The highest BCUT2D eigenvalue weighted by Gasteiger charge is 2.21. The highest BCUT2D eigenvalue weighted by Crippen LogP contribution is 2.26. The number of nitrogens with zero attached hydrogens (tertiary/aromatic N) is 4. The number of anilines is 1. The summed E-state index contributed by atoms with van der Waals surface area (Å²) in [6, 6.07) is 1.72. The smallest absolute Gasteiger partial charge is 0.358 e. The summed E-state index contributed by atoms with van der Waals surface area (Å²) >= 11 is 0. The molecule has 8 nitrogen and oxygen atoms in total. The van der Waals surface area contributed by atoms with Gasteiger partial charge in [0.15, 0.2) is 5.69 Å².